The van der Waals surface area contributed by atoms with Gasteiger partial charge < -0.3 is 10.2 Å². The molecule has 0 saturated carbocycles. The average molecular weight is 254 g/mol. The van der Waals surface area contributed by atoms with Crippen molar-refractivity contribution >= 4 is 18.3 Å². The van der Waals surface area contributed by atoms with Gasteiger partial charge in [-0.05, 0) is 25.2 Å². The third kappa shape index (κ3) is 3.15. The Hall–Kier alpha value is -1.66. The van der Waals surface area contributed by atoms with Crippen molar-refractivity contribution in [1.82, 2.24) is 9.55 Å². The van der Waals surface area contributed by atoms with Crippen LogP contribution in [0.5, 0.6) is 5.88 Å². The first-order valence-corrected chi connectivity index (χ1v) is 5.41. The Labute approximate surface area is 103 Å². The maximum absolute atomic E-state index is 11.6. The minimum atomic E-state index is -0.704. The van der Waals surface area contributed by atoms with E-state index in [1.807, 2.05) is 0 Å². The van der Waals surface area contributed by atoms with Crippen LogP contribution in [0.25, 0.3) is 6.08 Å². The van der Waals surface area contributed by atoms with Gasteiger partial charge in [0, 0.05) is 6.54 Å². The lowest BCUT2D eigenvalue weighted by Gasteiger charge is -2.08. The fourth-order valence-corrected chi connectivity index (χ4v) is 1.51. The van der Waals surface area contributed by atoms with Gasteiger partial charge in [-0.15, -0.1) is 6.58 Å². The quantitative estimate of drug-likeness (QED) is 0.557. The summed E-state index contributed by atoms with van der Waals surface area (Å²) in [5, 5.41) is 19.0. The number of aromatic amines is 1. The highest BCUT2D eigenvalue weighted by Crippen LogP contribution is 2.14. The van der Waals surface area contributed by atoms with Crippen LogP contribution in [0.15, 0.2) is 23.5 Å². The maximum Gasteiger partial charge on any atom is 0.262 e. The molecule has 0 radical (unpaired) electrons. The van der Waals surface area contributed by atoms with Gasteiger partial charge in [0.05, 0.1) is 11.7 Å². The lowest BCUT2D eigenvalue weighted by molar-refractivity contribution is 0.245. The van der Waals surface area contributed by atoms with Crippen LogP contribution < -0.4 is 5.56 Å². The minimum absolute atomic E-state index is 0.0568. The molecular formula is C11H14N2O3S. The second-order valence-electron chi connectivity index (χ2n) is 3.50. The average Bonchev–Trinajstić information content (AvgIpc) is 2.23. The summed E-state index contributed by atoms with van der Waals surface area (Å²) in [6.07, 6.45) is 3.60. The Kier molecular flexibility index (Phi) is 4.42. The van der Waals surface area contributed by atoms with E-state index in [0.717, 1.165) is 0 Å². The van der Waals surface area contributed by atoms with E-state index in [9.17, 15) is 9.90 Å². The Morgan fingerprint density at radius 3 is 2.82 bits per heavy atom. The number of nitrogens with one attached hydrogen (secondary N) is 1. The Bertz CT molecular complexity index is 555. The van der Waals surface area contributed by atoms with Gasteiger partial charge in [0.2, 0.25) is 5.88 Å². The zero-order chi connectivity index (χ0) is 13.0. The third-order valence-electron chi connectivity index (χ3n) is 2.06. The Morgan fingerprint density at radius 1 is 1.65 bits per heavy atom. The molecule has 92 valence electrons. The van der Waals surface area contributed by atoms with Gasteiger partial charge in [0.15, 0.2) is 4.77 Å². The number of hydrogen-bond acceptors (Lipinski definition) is 4. The number of rotatable bonds is 4. The number of aliphatic hydroxyl groups excluding tert-OH is 1. The molecule has 0 spiro atoms. The molecule has 5 nitrogen and oxygen atoms in total. The SMILES string of the molecule is C=CCn1c(O)c(C=CC(C)O)c(=O)[nH]c1=S. The van der Waals surface area contributed by atoms with Crippen molar-refractivity contribution in [1.29, 1.82) is 0 Å². The van der Waals surface area contributed by atoms with Crippen LogP contribution in [0, 0.1) is 4.77 Å². The van der Waals surface area contributed by atoms with E-state index >= 15 is 0 Å². The molecule has 0 bridgehead atoms. The van der Waals surface area contributed by atoms with Crippen LogP contribution in [-0.4, -0.2) is 25.9 Å². The van der Waals surface area contributed by atoms with Crippen LogP contribution in [-0.2, 0) is 6.54 Å². The number of aromatic hydroxyl groups is 1. The second-order valence-corrected chi connectivity index (χ2v) is 3.88. The molecule has 0 amide bonds. The highest BCUT2D eigenvalue weighted by Gasteiger charge is 2.09. The molecule has 3 N–H and O–H groups in total. The molecular weight excluding hydrogens is 240 g/mol. The van der Waals surface area contributed by atoms with Crippen LogP contribution >= 0.6 is 12.2 Å². The molecule has 1 atom stereocenters. The topological polar surface area (TPSA) is 78.2 Å². The number of hydrogen-bond donors (Lipinski definition) is 3. The van der Waals surface area contributed by atoms with Crippen molar-refractivity contribution in [3.63, 3.8) is 0 Å². The van der Waals surface area contributed by atoms with Gasteiger partial charge in [-0.1, -0.05) is 12.2 Å². The zero-order valence-electron chi connectivity index (χ0n) is 9.38. The molecule has 1 unspecified atom stereocenters. The first-order chi connectivity index (χ1) is 7.97. The van der Waals surface area contributed by atoms with Crippen molar-refractivity contribution in [2.24, 2.45) is 0 Å². The smallest absolute Gasteiger partial charge is 0.262 e. The lowest BCUT2D eigenvalue weighted by Crippen LogP contribution is -2.16. The lowest BCUT2D eigenvalue weighted by atomic mass is 10.2. The van der Waals surface area contributed by atoms with Gasteiger partial charge in [-0.3, -0.25) is 14.3 Å². The van der Waals surface area contributed by atoms with E-state index in [4.69, 9.17) is 17.3 Å². The Morgan fingerprint density at radius 2 is 2.29 bits per heavy atom. The summed E-state index contributed by atoms with van der Waals surface area (Å²) in [5.41, 5.74) is -0.439. The summed E-state index contributed by atoms with van der Waals surface area (Å²) >= 11 is 4.91. The second kappa shape index (κ2) is 5.60. The van der Waals surface area contributed by atoms with Crippen LogP contribution in [0.2, 0.25) is 0 Å². The first kappa shape index (κ1) is 13.4. The summed E-state index contributed by atoms with van der Waals surface area (Å²) in [7, 11) is 0. The van der Waals surface area contributed by atoms with Gasteiger partial charge in [-0.2, -0.15) is 0 Å². The van der Waals surface area contributed by atoms with Crippen molar-refractivity contribution < 1.29 is 10.2 Å². The van der Waals surface area contributed by atoms with E-state index < -0.39 is 11.7 Å². The van der Waals surface area contributed by atoms with Crippen LogP contribution in [0.4, 0.5) is 0 Å². The van der Waals surface area contributed by atoms with E-state index in [0.29, 0.717) is 0 Å². The molecule has 0 aromatic carbocycles. The molecule has 0 aliphatic heterocycles. The molecule has 0 saturated heterocycles. The normalized spacial score (nSPS) is 12.8. The molecule has 0 fully saturated rings. The maximum atomic E-state index is 11.6. The molecule has 17 heavy (non-hydrogen) atoms. The highest BCUT2D eigenvalue weighted by molar-refractivity contribution is 7.71. The summed E-state index contributed by atoms with van der Waals surface area (Å²) in [4.78, 5) is 14.0. The summed E-state index contributed by atoms with van der Waals surface area (Å²) in [6, 6.07) is 0. The monoisotopic (exact) mass is 254 g/mol. The number of nitrogens with zero attached hydrogens (tertiary/aromatic N) is 1. The molecule has 1 aromatic rings. The fourth-order valence-electron chi connectivity index (χ4n) is 1.26. The number of aromatic nitrogens is 2. The molecule has 6 heteroatoms. The number of allylic oxidation sites excluding steroid dienone is 1. The standard InChI is InChI=1S/C11H14N2O3S/c1-3-6-13-10(16)8(5-4-7(2)14)9(15)12-11(13)17/h3-5,7,14,16H,1,6H2,2H3,(H,12,15,17). The van der Waals surface area contributed by atoms with Crippen LogP contribution in [0.1, 0.15) is 12.5 Å². The number of H-pyrrole nitrogens is 1. The summed E-state index contributed by atoms with van der Waals surface area (Å²) in [5.74, 6) is -0.240. The van der Waals surface area contributed by atoms with E-state index in [-0.39, 0.29) is 22.8 Å². The molecule has 0 aliphatic rings. The minimum Gasteiger partial charge on any atom is -0.494 e. The Balaban J connectivity index is 3.40. The van der Waals surface area contributed by atoms with Gasteiger partial charge >= 0.3 is 0 Å². The summed E-state index contributed by atoms with van der Waals surface area (Å²) < 4.78 is 1.47. The van der Waals surface area contributed by atoms with Crippen LogP contribution in [0.3, 0.4) is 0 Å². The molecule has 1 rings (SSSR count). The van der Waals surface area contributed by atoms with Gasteiger partial charge in [-0.25, -0.2) is 0 Å². The van der Waals surface area contributed by atoms with Gasteiger partial charge in [0.1, 0.15) is 0 Å². The summed E-state index contributed by atoms with van der Waals surface area (Å²) in [6.45, 7) is 5.37. The number of aliphatic hydroxyl groups is 1. The highest BCUT2D eigenvalue weighted by atomic mass is 32.1. The van der Waals surface area contributed by atoms with Crippen molar-refractivity contribution in [2.45, 2.75) is 19.6 Å². The van der Waals surface area contributed by atoms with E-state index in [1.54, 1.807) is 13.0 Å². The largest absolute Gasteiger partial charge is 0.494 e. The van der Waals surface area contributed by atoms with E-state index in [1.165, 1.54) is 16.7 Å². The predicted octanol–water partition coefficient (Wildman–Crippen LogP) is 1.19. The van der Waals surface area contributed by atoms with Crippen molar-refractivity contribution in [3.8, 4) is 5.88 Å². The van der Waals surface area contributed by atoms with Crippen molar-refractivity contribution in [2.75, 3.05) is 0 Å². The van der Waals surface area contributed by atoms with Crippen molar-refractivity contribution in [3.05, 3.63) is 39.4 Å². The zero-order valence-corrected chi connectivity index (χ0v) is 10.2. The fraction of sp³-hybridized carbons (Fsp3) is 0.273. The predicted molar refractivity (Wildman–Crippen MR) is 68.5 cm³/mol. The molecule has 1 heterocycles. The molecule has 0 aliphatic carbocycles. The third-order valence-corrected chi connectivity index (χ3v) is 2.38. The van der Waals surface area contributed by atoms with Gasteiger partial charge in [0.25, 0.3) is 5.56 Å². The molecule has 1 aromatic heterocycles. The first-order valence-electron chi connectivity index (χ1n) is 5.00. The van der Waals surface area contributed by atoms with E-state index in [2.05, 4.69) is 11.6 Å².